The van der Waals surface area contributed by atoms with Gasteiger partial charge in [0.1, 0.15) is 5.82 Å². The molecule has 0 radical (unpaired) electrons. The molecule has 0 aromatic carbocycles. The number of aliphatic hydroxyl groups excluding tert-OH is 1. The van der Waals surface area contributed by atoms with Crippen LogP contribution < -0.4 is 4.90 Å². The first-order valence-corrected chi connectivity index (χ1v) is 7.90. The zero-order chi connectivity index (χ0) is 15.7. The van der Waals surface area contributed by atoms with Crippen LogP contribution in [0.25, 0.3) is 11.0 Å². The second kappa shape index (κ2) is 6.36. The fraction of sp³-hybridized carbons (Fsp3) is 0.643. The number of rotatable bonds is 5. The van der Waals surface area contributed by atoms with E-state index in [9.17, 15) is 5.11 Å². The Morgan fingerprint density at radius 1 is 1.45 bits per heavy atom. The van der Waals surface area contributed by atoms with Crippen molar-refractivity contribution < 1.29 is 9.84 Å². The third-order valence-electron chi connectivity index (χ3n) is 3.89. The lowest BCUT2D eigenvalue weighted by molar-refractivity contribution is -0.0262. The molecule has 0 aliphatic carbocycles. The Labute approximate surface area is 133 Å². The highest BCUT2D eigenvalue weighted by molar-refractivity contribution is 6.28. The molecule has 2 aromatic rings. The zero-order valence-electron chi connectivity index (χ0n) is 12.7. The van der Waals surface area contributed by atoms with Gasteiger partial charge in [-0.25, -0.2) is 4.68 Å². The number of anilines is 1. The van der Waals surface area contributed by atoms with Crippen molar-refractivity contribution in [3.63, 3.8) is 0 Å². The van der Waals surface area contributed by atoms with Gasteiger partial charge in [0.2, 0.25) is 5.28 Å². The van der Waals surface area contributed by atoms with Gasteiger partial charge >= 0.3 is 0 Å². The summed E-state index contributed by atoms with van der Waals surface area (Å²) in [5.41, 5.74) is 0.668. The molecule has 1 aliphatic heterocycles. The molecular weight excluding hydrogens is 306 g/mol. The summed E-state index contributed by atoms with van der Waals surface area (Å²) in [6, 6.07) is 0. The highest BCUT2D eigenvalue weighted by Crippen LogP contribution is 2.32. The van der Waals surface area contributed by atoms with Crippen LogP contribution in [0, 0.1) is 0 Å². The van der Waals surface area contributed by atoms with Crippen LogP contribution in [0.4, 0.5) is 5.82 Å². The summed E-state index contributed by atoms with van der Waals surface area (Å²) < 4.78 is 7.52. The van der Waals surface area contributed by atoms with Gasteiger partial charge in [0, 0.05) is 13.6 Å². The number of halogens is 1. The van der Waals surface area contributed by atoms with Gasteiger partial charge in [-0.2, -0.15) is 15.1 Å². The molecule has 2 atom stereocenters. The molecule has 3 heterocycles. The van der Waals surface area contributed by atoms with Crippen LogP contribution in [0.2, 0.25) is 5.28 Å². The van der Waals surface area contributed by atoms with Gasteiger partial charge in [-0.3, -0.25) is 0 Å². The molecule has 120 valence electrons. The largest absolute Gasteiger partial charge is 0.394 e. The average molecular weight is 326 g/mol. The summed E-state index contributed by atoms with van der Waals surface area (Å²) in [4.78, 5) is 10.7. The minimum atomic E-state index is -0.218. The van der Waals surface area contributed by atoms with Crippen molar-refractivity contribution in [3.05, 3.63) is 11.5 Å². The standard InChI is InChI=1S/C14H20ClN5O2/c1-3-6-19(2)12-10-7-16-20(13(10)18-14(15)17-12)11-5-4-9(8-21)22-11/h7,9,11,21H,3-6,8H2,1-2H3. The summed E-state index contributed by atoms with van der Waals surface area (Å²) in [5, 5.41) is 14.7. The zero-order valence-corrected chi connectivity index (χ0v) is 13.5. The summed E-state index contributed by atoms with van der Waals surface area (Å²) in [6.07, 6.45) is 4.02. The van der Waals surface area contributed by atoms with Crippen molar-refractivity contribution in [1.82, 2.24) is 19.7 Å². The van der Waals surface area contributed by atoms with E-state index in [0.717, 1.165) is 37.0 Å². The molecule has 0 bridgehead atoms. The molecule has 0 saturated carbocycles. The van der Waals surface area contributed by atoms with Crippen molar-refractivity contribution in [1.29, 1.82) is 0 Å². The molecule has 1 saturated heterocycles. The van der Waals surface area contributed by atoms with Crippen LogP contribution in [-0.4, -0.2) is 51.2 Å². The average Bonchev–Trinajstić information content (AvgIpc) is 3.12. The van der Waals surface area contributed by atoms with Gasteiger partial charge in [0.05, 0.1) is 24.3 Å². The van der Waals surface area contributed by atoms with Crippen LogP contribution in [0.15, 0.2) is 6.20 Å². The predicted octanol–water partition coefficient (Wildman–Crippen LogP) is 2.00. The Morgan fingerprint density at radius 2 is 2.27 bits per heavy atom. The van der Waals surface area contributed by atoms with Crippen molar-refractivity contribution in [3.8, 4) is 0 Å². The van der Waals surface area contributed by atoms with Crippen molar-refractivity contribution in [2.24, 2.45) is 0 Å². The van der Waals surface area contributed by atoms with Gasteiger partial charge in [-0.15, -0.1) is 0 Å². The molecule has 1 fully saturated rings. The minimum absolute atomic E-state index is 0.0237. The Hall–Kier alpha value is -1.44. The van der Waals surface area contributed by atoms with Crippen molar-refractivity contribution >= 4 is 28.5 Å². The van der Waals surface area contributed by atoms with Gasteiger partial charge < -0.3 is 14.7 Å². The fourth-order valence-electron chi connectivity index (χ4n) is 2.83. The Balaban J connectivity index is 2.00. The number of hydrogen-bond acceptors (Lipinski definition) is 6. The first kappa shape index (κ1) is 15.5. The van der Waals surface area contributed by atoms with Crippen LogP contribution in [-0.2, 0) is 4.74 Å². The number of ether oxygens (including phenoxy) is 1. The van der Waals surface area contributed by atoms with E-state index in [1.165, 1.54) is 0 Å². The van der Waals surface area contributed by atoms with Crippen LogP contribution in [0.3, 0.4) is 0 Å². The number of aromatic nitrogens is 4. The summed E-state index contributed by atoms with van der Waals surface area (Å²) in [5.74, 6) is 0.778. The number of fused-ring (bicyclic) bond motifs is 1. The normalized spacial score (nSPS) is 21.6. The van der Waals surface area contributed by atoms with E-state index in [0.29, 0.717) is 5.65 Å². The SMILES string of the molecule is CCCN(C)c1nc(Cl)nc2c1cnn2C1CCC(CO)O1. The topological polar surface area (TPSA) is 76.3 Å². The van der Waals surface area contributed by atoms with Crippen molar-refractivity contribution in [2.75, 3.05) is 25.1 Å². The van der Waals surface area contributed by atoms with Gasteiger partial charge in [-0.05, 0) is 30.9 Å². The molecule has 3 rings (SSSR count). The highest BCUT2D eigenvalue weighted by Gasteiger charge is 2.28. The molecule has 0 amide bonds. The number of aliphatic hydroxyl groups is 1. The predicted molar refractivity (Wildman–Crippen MR) is 84.1 cm³/mol. The Kier molecular flexibility index (Phi) is 4.46. The number of nitrogens with zero attached hydrogens (tertiary/aromatic N) is 5. The smallest absolute Gasteiger partial charge is 0.226 e. The second-order valence-corrected chi connectivity index (χ2v) is 5.87. The van der Waals surface area contributed by atoms with E-state index < -0.39 is 0 Å². The van der Waals surface area contributed by atoms with Gasteiger partial charge in [0.15, 0.2) is 11.9 Å². The first-order valence-electron chi connectivity index (χ1n) is 7.52. The van der Waals surface area contributed by atoms with Crippen molar-refractivity contribution in [2.45, 2.75) is 38.5 Å². The fourth-order valence-corrected chi connectivity index (χ4v) is 2.99. The van der Waals surface area contributed by atoms with E-state index in [2.05, 4.69) is 22.0 Å². The minimum Gasteiger partial charge on any atom is -0.394 e. The molecule has 7 nitrogen and oxygen atoms in total. The van der Waals surface area contributed by atoms with E-state index in [4.69, 9.17) is 16.3 Å². The quantitative estimate of drug-likeness (QED) is 0.847. The van der Waals surface area contributed by atoms with E-state index in [-0.39, 0.29) is 24.2 Å². The number of hydrogen-bond donors (Lipinski definition) is 1. The highest BCUT2D eigenvalue weighted by atomic mass is 35.5. The lowest BCUT2D eigenvalue weighted by Gasteiger charge is -2.18. The summed E-state index contributed by atoms with van der Waals surface area (Å²) >= 11 is 6.09. The third-order valence-corrected chi connectivity index (χ3v) is 4.06. The third kappa shape index (κ3) is 2.76. The molecule has 0 spiro atoms. The molecule has 22 heavy (non-hydrogen) atoms. The van der Waals surface area contributed by atoms with E-state index >= 15 is 0 Å². The van der Waals surface area contributed by atoms with Gasteiger partial charge in [-0.1, -0.05) is 6.92 Å². The maximum Gasteiger partial charge on any atom is 0.226 e. The summed E-state index contributed by atoms with van der Waals surface area (Å²) in [6.45, 7) is 3.01. The van der Waals surface area contributed by atoms with Crippen LogP contribution >= 0.6 is 11.6 Å². The molecular formula is C14H20ClN5O2. The second-order valence-electron chi connectivity index (χ2n) is 5.54. The molecule has 8 heteroatoms. The lowest BCUT2D eigenvalue weighted by atomic mass is 10.2. The molecule has 1 aliphatic rings. The van der Waals surface area contributed by atoms with Gasteiger partial charge in [0.25, 0.3) is 0 Å². The van der Waals surface area contributed by atoms with E-state index in [1.54, 1.807) is 10.9 Å². The Bertz CT molecular complexity index is 662. The molecule has 2 unspecified atom stereocenters. The van der Waals surface area contributed by atoms with E-state index in [1.807, 2.05) is 11.9 Å². The molecule has 1 N–H and O–H groups in total. The van der Waals surface area contributed by atoms with Crippen LogP contribution in [0.1, 0.15) is 32.4 Å². The Morgan fingerprint density at radius 3 is 2.95 bits per heavy atom. The summed E-state index contributed by atoms with van der Waals surface area (Å²) in [7, 11) is 1.98. The lowest BCUT2D eigenvalue weighted by Crippen LogP contribution is -2.20. The maximum atomic E-state index is 9.21. The van der Waals surface area contributed by atoms with Crippen LogP contribution in [0.5, 0.6) is 0 Å². The monoisotopic (exact) mass is 325 g/mol. The maximum absolute atomic E-state index is 9.21. The molecule has 2 aromatic heterocycles. The first-order chi connectivity index (χ1) is 10.6.